The standard InChI is InChI=1S/C11H17N7S/c1-10-14-11(19-15-10)17-5-2-16(3-6-17)4-7-18-9-12-8-13-18/h8-9H,2-7H2,1H3. The van der Waals surface area contributed by atoms with Gasteiger partial charge in [0.05, 0.1) is 6.54 Å². The zero-order valence-electron chi connectivity index (χ0n) is 10.9. The number of anilines is 1. The lowest BCUT2D eigenvalue weighted by molar-refractivity contribution is 0.244. The molecule has 3 heterocycles. The molecule has 0 radical (unpaired) electrons. The largest absolute Gasteiger partial charge is 0.344 e. The lowest BCUT2D eigenvalue weighted by Crippen LogP contribution is -2.47. The fraction of sp³-hybridized carbons (Fsp3) is 0.636. The highest BCUT2D eigenvalue weighted by Crippen LogP contribution is 2.18. The van der Waals surface area contributed by atoms with E-state index in [-0.39, 0.29) is 0 Å². The van der Waals surface area contributed by atoms with Crippen molar-refractivity contribution in [3.8, 4) is 0 Å². The smallest absolute Gasteiger partial charge is 0.205 e. The molecule has 1 aliphatic rings. The lowest BCUT2D eigenvalue weighted by atomic mass is 10.3. The van der Waals surface area contributed by atoms with Crippen LogP contribution >= 0.6 is 11.5 Å². The third-order valence-corrected chi connectivity index (χ3v) is 4.14. The van der Waals surface area contributed by atoms with Crippen LogP contribution in [0, 0.1) is 6.92 Å². The van der Waals surface area contributed by atoms with Crippen LogP contribution in [-0.2, 0) is 6.54 Å². The molecule has 102 valence electrons. The zero-order valence-corrected chi connectivity index (χ0v) is 11.8. The van der Waals surface area contributed by atoms with Crippen LogP contribution < -0.4 is 4.90 Å². The predicted octanol–water partition coefficient (Wildman–Crippen LogP) is 0.260. The molecule has 0 aliphatic carbocycles. The summed E-state index contributed by atoms with van der Waals surface area (Å²) in [6, 6.07) is 0. The van der Waals surface area contributed by atoms with Gasteiger partial charge in [-0.1, -0.05) is 0 Å². The van der Waals surface area contributed by atoms with Crippen LogP contribution in [0.3, 0.4) is 0 Å². The Balaban J connectivity index is 1.47. The summed E-state index contributed by atoms with van der Waals surface area (Å²) < 4.78 is 6.11. The molecular weight excluding hydrogens is 262 g/mol. The van der Waals surface area contributed by atoms with E-state index in [0.29, 0.717) is 0 Å². The fourth-order valence-corrected chi connectivity index (χ4v) is 2.89. The van der Waals surface area contributed by atoms with E-state index in [4.69, 9.17) is 0 Å². The SMILES string of the molecule is Cc1nsc(N2CCN(CCn3cncn3)CC2)n1. The molecule has 0 amide bonds. The van der Waals surface area contributed by atoms with Crippen molar-refractivity contribution in [1.29, 1.82) is 0 Å². The van der Waals surface area contributed by atoms with Crippen molar-refractivity contribution in [1.82, 2.24) is 29.0 Å². The summed E-state index contributed by atoms with van der Waals surface area (Å²) in [6.07, 6.45) is 3.34. The molecule has 1 saturated heterocycles. The van der Waals surface area contributed by atoms with Gasteiger partial charge in [-0.25, -0.2) is 9.97 Å². The van der Waals surface area contributed by atoms with Gasteiger partial charge in [0.2, 0.25) is 5.13 Å². The van der Waals surface area contributed by atoms with Gasteiger partial charge in [-0.15, -0.1) is 0 Å². The van der Waals surface area contributed by atoms with E-state index >= 15 is 0 Å². The van der Waals surface area contributed by atoms with Gasteiger partial charge in [0.1, 0.15) is 18.5 Å². The highest BCUT2D eigenvalue weighted by molar-refractivity contribution is 7.09. The molecule has 0 unspecified atom stereocenters. The maximum atomic E-state index is 4.44. The van der Waals surface area contributed by atoms with Crippen LogP contribution in [0.15, 0.2) is 12.7 Å². The summed E-state index contributed by atoms with van der Waals surface area (Å²) in [5, 5.41) is 5.17. The van der Waals surface area contributed by atoms with Crippen LogP contribution in [0.25, 0.3) is 0 Å². The van der Waals surface area contributed by atoms with Crippen LogP contribution in [0.4, 0.5) is 5.13 Å². The van der Waals surface area contributed by atoms with Gasteiger partial charge in [0.15, 0.2) is 0 Å². The first-order valence-corrected chi connectivity index (χ1v) is 7.18. The molecule has 1 aliphatic heterocycles. The minimum Gasteiger partial charge on any atom is -0.344 e. The highest BCUT2D eigenvalue weighted by atomic mass is 32.1. The molecule has 1 fully saturated rings. The number of hydrogen-bond donors (Lipinski definition) is 0. The van der Waals surface area contributed by atoms with E-state index in [1.807, 2.05) is 11.6 Å². The summed E-state index contributed by atoms with van der Waals surface area (Å²) in [6.45, 7) is 8.03. The summed E-state index contributed by atoms with van der Waals surface area (Å²) in [4.78, 5) is 13.2. The molecule has 7 nitrogen and oxygen atoms in total. The molecule has 2 aromatic rings. The van der Waals surface area contributed by atoms with Gasteiger partial charge in [-0.2, -0.15) is 9.47 Å². The molecular formula is C11H17N7S. The molecule has 0 atom stereocenters. The number of rotatable bonds is 4. The fourth-order valence-electron chi connectivity index (χ4n) is 2.17. The monoisotopic (exact) mass is 279 g/mol. The Labute approximate surface area is 116 Å². The Morgan fingerprint density at radius 3 is 2.68 bits per heavy atom. The van der Waals surface area contributed by atoms with E-state index in [1.54, 1.807) is 12.7 Å². The van der Waals surface area contributed by atoms with Crippen LogP contribution in [0.2, 0.25) is 0 Å². The number of hydrogen-bond acceptors (Lipinski definition) is 7. The Hall–Kier alpha value is -1.54. The Kier molecular flexibility index (Phi) is 3.69. The van der Waals surface area contributed by atoms with Gasteiger partial charge in [-0.3, -0.25) is 9.58 Å². The normalized spacial score (nSPS) is 17.0. The van der Waals surface area contributed by atoms with Crippen molar-refractivity contribution in [2.45, 2.75) is 13.5 Å². The van der Waals surface area contributed by atoms with E-state index in [0.717, 1.165) is 50.2 Å². The van der Waals surface area contributed by atoms with Crippen LogP contribution in [0.1, 0.15) is 5.82 Å². The summed E-state index contributed by atoms with van der Waals surface area (Å²) in [5.41, 5.74) is 0. The first-order chi connectivity index (χ1) is 9.31. The second-order valence-corrected chi connectivity index (χ2v) is 5.34. The van der Waals surface area contributed by atoms with Gasteiger partial charge < -0.3 is 4.90 Å². The number of aromatic nitrogens is 5. The Bertz CT molecular complexity index is 501. The minimum atomic E-state index is 0.869. The first-order valence-electron chi connectivity index (χ1n) is 6.41. The van der Waals surface area contributed by atoms with E-state index in [2.05, 4.69) is 29.2 Å². The van der Waals surface area contributed by atoms with Crippen molar-refractivity contribution in [3.05, 3.63) is 18.5 Å². The topological polar surface area (TPSA) is 63.0 Å². The van der Waals surface area contributed by atoms with Crippen LogP contribution in [0.5, 0.6) is 0 Å². The molecule has 0 bridgehead atoms. The molecule has 19 heavy (non-hydrogen) atoms. The molecule has 0 spiro atoms. The maximum Gasteiger partial charge on any atom is 0.205 e. The van der Waals surface area contributed by atoms with Crippen molar-refractivity contribution in [2.75, 3.05) is 37.6 Å². The predicted molar refractivity (Wildman–Crippen MR) is 73.3 cm³/mol. The van der Waals surface area contributed by atoms with Gasteiger partial charge in [-0.05, 0) is 6.92 Å². The Morgan fingerprint density at radius 2 is 2.05 bits per heavy atom. The highest BCUT2D eigenvalue weighted by Gasteiger charge is 2.19. The van der Waals surface area contributed by atoms with E-state index in [1.165, 1.54) is 11.5 Å². The van der Waals surface area contributed by atoms with Crippen molar-refractivity contribution < 1.29 is 0 Å². The third kappa shape index (κ3) is 3.07. The van der Waals surface area contributed by atoms with Crippen molar-refractivity contribution in [2.24, 2.45) is 0 Å². The lowest BCUT2D eigenvalue weighted by Gasteiger charge is -2.34. The van der Waals surface area contributed by atoms with Crippen molar-refractivity contribution in [3.63, 3.8) is 0 Å². The summed E-state index contributed by atoms with van der Waals surface area (Å²) in [7, 11) is 0. The summed E-state index contributed by atoms with van der Waals surface area (Å²) in [5.74, 6) is 0.869. The average molecular weight is 279 g/mol. The molecule has 8 heteroatoms. The minimum absolute atomic E-state index is 0.869. The number of aryl methyl sites for hydroxylation is 1. The maximum absolute atomic E-state index is 4.44. The molecule has 3 rings (SSSR count). The quantitative estimate of drug-likeness (QED) is 0.800. The molecule has 0 saturated carbocycles. The molecule has 0 aromatic carbocycles. The second-order valence-electron chi connectivity index (χ2n) is 4.61. The van der Waals surface area contributed by atoms with Gasteiger partial charge in [0.25, 0.3) is 0 Å². The Morgan fingerprint density at radius 1 is 1.21 bits per heavy atom. The van der Waals surface area contributed by atoms with E-state index in [9.17, 15) is 0 Å². The van der Waals surface area contributed by atoms with Gasteiger partial charge in [0, 0.05) is 44.3 Å². The zero-order chi connectivity index (χ0) is 13.1. The average Bonchev–Trinajstić information content (AvgIpc) is 3.08. The second kappa shape index (κ2) is 5.62. The molecule has 0 N–H and O–H groups in total. The van der Waals surface area contributed by atoms with Crippen molar-refractivity contribution >= 4 is 16.7 Å². The first kappa shape index (κ1) is 12.5. The van der Waals surface area contributed by atoms with E-state index < -0.39 is 0 Å². The molecule has 2 aromatic heterocycles. The number of piperazine rings is 1. The number of nitrogens with zero attached hydrogens (tertiary/aromatic N) is 7. The van der Waals surface area contributed by atoms with Gasteiger partial charge >= 0.3 is 0 Å². The third-order valence-electron chi connectivity index (χ3n) is 3.27. The summed E-state index contributed by atoms with van der Waals surface area (Å²) >= 11 is 1.49. The van der Waals surface area contributed by atoms with Crippen LogP contribution in [-0.4, -0.2) is 61.7 Å².